The molecule has 7 heteroatoms. The van der Waals surface area contributed by atoms with Crippen LogP contribution in [-0.4, -0.2) is 24.4 Å². The number of ether oxygens (including phenoxy) is 3. The highest BCUT2D eigenvalue weighted by Gasteiger charge is 2.25. The van der Waals surface area contributed by atoms with E-state index in [1.807, 2.05) is 56.3 Å². The van der Waals surface area contributed by atoms with Crippen molar-refractivity contribution in [2.24, 2.45) is 4.99 Å². The van der Waals surface area contributed by atoms with E-state index >= 15 is 0 Å². The lowest BCUT2D eigenvalue weighted by molar-refractivity contribution is -0.134. The van der Waals surface area contributed by atoms with E-state index in [9.17, 15) is 9.59 Å². The van der Waals surface area contributed by atoms with Crippen molar-refractivity contribution in [1.29, 1.82) is 0 Å². The van der Waals surface area contributed by atoms with E-state index in [-0.39, 0.29) is 28.8 Å². The van der Waals surface area contributed by atoms with Gasteiger partial charge in [0.1, 0.15) is 0 Å². The fourth-order valence-electron chi connectivity index (χ4n) is 3.42. The van der Waals surface area contributed by atoms with Crippen molar-refractivity contribution in [2.45, 2.75) is 26.7 Å². The summed E-state index contributed by atoms with van der Waals surface area (Å²) in [5.41, 5.74) is 1.40. The van der Waals surface area contributed by atoms with E-state index in [1.54, 1.807) is 18.2 Å². The molecule has 0 saturated heterocycles. The molecule has 1 aliphatic heterocycles. The molecule has 0 saturated carbocycles. The van der Waals surface area contributed by atoms with Gasteiger partial charge in [0.2, 0.25) is 5.90 Å². The molecule has 0 amide bonds. The van der Waals surface area contributed by atoms with Gasteiger partial charge in [-0.3, -0.25) is 4.79 Å². The first-order chi connectivity index (χ1) is 16.0. The Hall–Kier alpha value is -3.64. The number of aliphatic imine (C=N–C) groups is 1. The fourth-order valence-corrected chi connectivity index (χ4v) is 3.67. The molecule has 0 fully saturated rings. The molecule has 6 nitrogen and oxygen atoms in total. The first-order valence-corrected chi connectivity index (χ1v) is 11.0. The standard InChI is InChI=1S/C26H22ClNO5/c1-3-7-23(29)32-24-20(27)12-16(14-22(24)31-4-2)13-21-26(30)33-25(28-21)19-11-10-17-8-5-6-9-18(17)15-19/h5-6,8-15H,3-4,7H2,1-2H3/b21-13-. The van der Waals surface area contributed by atoms with Crippen LogP contribution in [0.25, 0.3) is 16.8 Å². The second kappa shape index (κ2) is 9.88. The lowest BCUT2D eigenvalue weighted by atomic mass is 10.1. The zero-order valence-electron chi connectivity index (χ0n) is 18.3. The summed E-state index contributed by atoms with van der Waals surface area (Å²) in [5.74, 6) is -0.251. The summed E-state index contributed by atoms with van der Waals surface area (Å²) in [6.07, 6.45) is 2.48. The van der Waals surface area contributed by atoms with Crippen LogP contribution in [0.5, 0.6) is 11.5 Å². The second-order valence-electron chi connectivity index (χ2n) is 7.39. The maximum Gasteiger partial charge on any atom is 0.363 e. The van der Waals surface area contributed by atoms with Crippen LogP contribution in [0.1, 0.15) is 37.8 Å². The van der Waals surface area contributed by atoms with Crippen LogP contribution in [-0.2, 0) is 14.3 Å². The van der Waals surface area contributed by atoms with Gasteiger partial charge in [-0.05, 0) is 60.0 Å². The SMILES string of the molecule is CCCC(=O)Oc1c(Cl)cc(/C=C2\N=C(c3ccc4ccccc4c3)OC2=O)cc1OCC. The summed E-state index contributed by atoms with van der Waals surface area (Å²) >= 11 is 6.38. The highest BCUT2D eigenvalue weighted by molar-refractivity contribution is 6.32. The van der Waals surface area contributed by atoms with Gasteiger partial charge in [0.15, 0.2) is 17.2 Å². The van der Waals surface area contributed by atoms with Crippen LogP contribution in [0, 0.1) is 0 Å². The number of carbonyl (C=O) groups excluding carboxylic acids is 2. The molecule has 4 rings (SSSR count). The average molecular weight is 464 g/mol. The molecule has 3 aromatic rings. The first-order valence-electron chi connectivity index (χ1n) is 10.7. The molecule has 0 atom stereocenters. The van der Waals surface area contributed by atoms with Gasteiger partial charge in [-0.25, -0.2) is 9.79 Å². The van der Waals surface area contributed by atoms with Crippen molar-refractivity contribution >= 4 is 46.3 Å². The molecule has 1 aliphatic rings. The third-order valence-corrected chi connectivity index (χ3v) is 5.20. The normalized spacial score (nSPS) is 14.3. The minimum atomic E-state index is -0.564. The van der Waals surface area contributed by atoms with E-state index in [0.29, 0.717) is 29.9 Å². The number of hydrogen-bond acceptors (Lipinski definition) is 6. The zero-order valence-corrected chi connectivity index (χ0v) is 19.0. The van der Waals surface area contributed by atoms with Crippen molar-refractivity contribution in [2.75, 3.05) is 6.61 Å². The summed E-state index contributed by atoms with van der Waals surface area (Å²) in [6, 6.07) is 16.9. The van der Waals surface area contributed by atoms with Crippen LogP contribution in [0.4, 0.5) is 0 Å². The number of fused-ring (bicyclic) bond motifs is 1. The number of benzene rings is 3. The molecule has 0 aliphatic carbocycles. The summed E-state index contributed by atoms with van der Waals surface area (Å²) in [4.78, 5) is 28.8. The molecule has 0 aromatic heterocycles. The molecule has 0 unspecified atom stereocenters. The number of hydrogen-bond donors (Lipinski definition) is 0. The minimum absolute atomic E-state index is 0.132. The fraction of sp³-hybridized carbons (Fsp3) is 0.192. The lowest BCUT2D eigenvalue weighted by Crippen LogP contribution is -2.09. The van der Waals surface area contributed by atoms with Crippen LogP contribution in [0.15, 0.2) is 65.3 Å². The van der Waals surface area contributed by atoms with Gasteiger partial charge in [0.25, 0.3) is 0 Å². The molecular formula is C26H22ClNO5. The van der Waals surface area contributed by atoms with Crippen LogP contribution in [0.3, 0.4) is 0 Å². The zero-order chi connectivity index (χ0) is 23.4. The highest BCUT2D eigenvalue weighted by atomic mass is 35.5. The summed E-state index contributed by atoms with van der Waals surface area (Å²) in [5, 5.41) is 2.30. The van der Waals surface area contributed by atoms with E-state index in [4.69, 9.17) is 25.8 Å². The number of halogens is 1. The van der Waals surface area contributed by atoms with Gasteiger partial charge in [-0.2, -0.15) is 0 Å². The predicted octanol–water partition coefficient (Wildman–Crippen LogP) is 5.94. The Kier molecular flexibility index (Phi) is 6.75. The molecule has 168 valence electrons. The number of esters is 2. The molecule has 0 spiro atoms. The third kappa shape index (κ3) is 5.07. The molecule has 0 bridgehead atoms. The van der Waals surface area contributed by atoms with Gasteiger partial charge in [0, 0.05) is 12.0 Å². The maximum absolute atomic E-state index is 12.5. The summed E-state index contributed by atoms with van der Waals surface area (Å²) in [6.45, 7) is 4.04. The summed E-state index contributed by atoms with van der Waals surface area (Å²) in [7, 11) is 0. The van der Waals surface area contributed by atoms with E-state index in [1.165, 1.54) is 0 Å². The van der Waals surface area contributed by atoms with Crippen molar-refractivity contribution in [3.05, 3.63) is 76.4 Å². The van der Waals surface area contributed by atoms with Gasteiger partial charge in [-0.1, -0.05) is 48.9 Å². The molecule has 0 radical (unpaired) electrons. The Morgan fingerprint density at radius 2 is 1.88 bits per heavy atom. The topological polar surface area (TPSA) is 74.2 Å². The van der Waals surface area contributed by atoms with Crippen molar-refractivity contribution in [3.8, 4) is 11.5 Å². The summed E-state index contributed by atoms with van der Waals surface area (Å²) < 4.78 is 16.4. The van der Waals surface area contributed by atoms with E-state index in [0.717, 1.165) is 10.8 Å². The van der Waals surface area contributed by atoms with Crippen LogP contribution < -0.4 is 9.47 Å². The molecule has 33 heavy (non-hydrogen) atoms. The monoisotopic (exact) mass is 463 g/mol. The Morgan fingerprint density at radius 3 is 2.64 bits per heavy atom. The number of cyclic esters (lactones) is 1. The Balaban J connectivity index is 1.66. The predicted molar refractivity (Wildman–Crippen MR) is 128 cm³/mol. The second-order valence-corrected chi connectivity index (χ2v) is 7.79. The molecule has 3 aromatic carbocycles. The number of carbonyl (C=O) groups is 2. The molecular weight excluding hydrogens is 442 g/mol. The Labute approximate surface area is 196 Å². The third-order valence-electron chi connectivity index (χ3n) is 4.92. The molecule has 1 heterocycles. The number of nitrogens with zero attached hydrogens (tertiary/aromatic N) is 1. The maximum atomic E-state index is 12.5. The van der Waals surface area contributed by atoms with Crippen molar-refractivity contribution < 1.29 is 23.8 Å². The van der Waals surface area contributed by atoms with E-state index in [2.05, 4.69) is 4.99 Å². The Bertz CT molecular complexity index is 1300. The highest BCUT2D eigenvalue weighted by Crippen LogP contribution is 2.38. The molecule has 0 N–H and O–H groups in total. The quantitative estimate of drug-likeness (QED) is 0.246. The van der Waals surface area contributed by atoms with Crippen LogP contribution in [0.2, 0.25) is 5.02 Å². The minimum Gasteiger partial charge on any atom is -0.490 e. The van der Waals surface area contributed by atoms with Crippen molar-refractivity contribution in [1.82, 2.24) is 0 Å². The average Bonchev–Trinajstić information content (AvgIpc) is 3.16. The van der Waals surface area contributed by atoms with Crippen LogP contribution >= 0.6 is 11.6 Å². The largest absolute Gasteiger partial charge is 0.490 e. The van der Waals surface area contributed by atoms with E-state index < -0.39 is 11.9 Å². The lowest BCUT2D eigenvalue weighted by Gasteiger charge is -2.13. The van der Waals surface area contributed by atoms with Crippen molar-refractivity contribution in [3.63, 3.8) is 0 Å². The van der Waals surface area contributed by atoms with Gasteiger partial charge in [0.05, 0.1) is 11.6 Å². The van der Waals surface area contributed by atoms with Gasteiger partial charge in [-0.15, -0.1) is 0 Å². The Morgan fingerprint density at radius 1 is 1.09 bits per heavy atom. The smallest absolute Gasteiger partial charge is 0.363 e. The van der Waals surface area contributed by atoms with Gasteiger partial charge >= 0.3 is 11.9 Å². The first kappa shape index (κ1) is 22.6. The van der Waals surface area contributed by atoms with Gasteiger partial charge < -0.3 is 14.2 Å². The number of rotatable bonds is 7.